The molecule has 21 heavy (non-hydrogen) atoms. The first-order valence-corrected chi connectivity index (χ1v) is 6.06. The summed E-state index contributed by atoms with van der Waals surface area (Å²) < 4.78 is 18.3. The van der Waals surface area contributed by atoms with Crippen LogP contribution in [0.15, 0.2) is 47.6 Å². The third kappa shape index (κ3) is 3.56. The van der Waals surface area contributed by atoms with Gasteiger partial charge in [-0.3, -0.25) is 4.79 Å². The van der Waals surface area contributed by atoms with Gasteiger partial charge in [-0.2, -0.15) is 5.10 Å². The Hall–Kier alpha value is -2.89. The zero-order valence-corrected chi connectivity index (χ0v) is 11.2. The van der Waals surface area contributed by atoms with E-state index in [-0.39, 0.29) is 11.3 Å². The summed E-state index contributed by atoms with van der Waals surface area (Å²) in [6.07, 6.45) is 1.33. The summed E-state index contributed by atoms with van der Waals surface area (Å²) in [5.41, 5.74) is 2.68. The van der Waals surface area contributed by atoms with Crippen molar-refractivity contribution in [2.24, 2.45) is 5.10 Å². The Bertz CT molecular complexity index is 686. The number of halogens is 1. The molecule has 0 unspecified atom stereocenters. The molecule has 6 heteroatoms. The van der Waals surface area contributed by atoms with Crippen molar-refractivity contribution in [1.29, 1.82) is 0 Å². The van der Waals surface area contributed by atoms with E-state index in [0.29, 0.717) is 11.3 Å². The minimum Gasteiger partial charge on any atom is -0.504 e. The van der Waals surface area contributed by atoms with Crippen LogP contribution < -0.4 is 10.2 Å². The lowest BCUT2D eigenvalue weighted by Crippen LogP contribution is -2.18. The van der Waals surface area contributed by atoms with Crippen molar-refractivity contribution in [3.63, 3.8) is 0 Å². The maximum atomic E-state index is 13.4. The fourth-order valence-electron chi connectivity index (χ4n) is 1.66. The van der Waals surface area contributed by atoms with Crippen LogP contribution >= 0.6 is 0 Å². The van der Waals surface area contributed by atoms with Crippen molar-refractivity contribution in [3.05, 3.63) is 59.4 Å². The van der Waals surface area contributed by atoms with Gasteiger partial charge >= 0.3 is 0 Å². The van der Waals surface area contributed by atoms with E-state index < -0.39 is 11.7 Å². The number of aromatic hydroxyl groups is 1. The highest BCUT2D eigenvalue weighted by atomic mass is 19.1. The lowest BCUT2D eigenvalue weighted by molar-refractivity contribution is 0.0951. The van der Waals surface area contributed by atoms with Gasteiger partial charge < -0.3 is 9.84 Å². The quantitative estimate of drug-likeness (QED) is 0.670. The third-order valence-electron chi connectivity index (χ3n) is 2.70. The molecule has 2 N–H and O–H groups in total. The molecular weight excluding hydrogens is 275 g/mol. The van der Waals surface area contributed by atoms with Gasteiger partial charge in [-0.25, -0.2) is 9.82 Å². The average Bonchev–Trinajstić information content (AvgIpc) is 2.48. The second-order valence-corrected chi connectivity index (χ2v) is 4.11. The van der Waals surface area contributed by atoms with Crippen molar-refractivity contribution < 1.29 is 19.0 Å². The van der Waals surface area contributed by atoms with Gasteiger partial charge in [0.1, 0.15) is 5.82 Å². The molecule has 2 rings (SSSR count). The van der Waals surface area contributed by atoms with Crippen molar-refractivity contribution >= 4 is 12.1 Å². The fourth-order valence-corrected chi connectivity index (χ4v) is 1.66. The number of phenolic OH excluding ortho intramolecular Hbond substituents is 1. The summed E-state index contributed by atoms with van der Waals surface area (Å²) in [6, 6.07) is 10.3. The molecule has 0 spiro atoms. The summed E-state index contributed by atoms with van der Waals surface area (Å²) in [4.78, 5) is 11.7. The molecule has 1 amide bonds. The number of nitrogens with one attached hydrogen (secondary N) is 1. The van der Waals surface area contributed by atoms with Crippen LogP contribution in [0.3, 0.4) is 0 Å². The molecule has 2 aromatic carbocycles. The molecule has 0 aromatic heterocycles. The number of hydrogen-bond donors (Lipinski definition) is 2. The van der Waals surface area contributed by atoms with E-state index in [1.807, 2.05) is 0 Å². The lowest BCUT2D eigenvalue weighted by atomic mass is 10.2. The second kappa shape index (κ2) is 6.51. The predicted octanol–water partition coefficient (Wildman–Crippen LogP) is 2.30. The van der Waals surface area contributed by atoms with Gasteiger partial charge in [0.25, 0.3) is 5.91 Å². The van der Waals surface area contributed by atoms with Gasteiger partial charge in [-0.1, -0.05) is 12.1 Å². The van der Waals surface area contributed by atoms with Gasteiger partial charge in [0.05, 0.1) is 18.9 Å². The zero-order valence-electron chi connectivity index (χ0n) is 11.2. The van der Waals surface area contributed by atoms with E-state index in [2.05, 4.69) is 10.5 Å². The fraction of sp³-hybridized carbons (Fsp3) is 0.0667. The molecule has 0 bridgehead atoms. The average molecular weight is 288 g/mol. The van der Waals surface area contributed by atoms with Crippen molar-refractivity contribution in [2.75, 3.05) is 7.11 Å². The minimum atomic E-state index is -0.651. The number of phenols is 1. The molecule has 0 heterocycles. The summed E-state index contributed by atoms with van der Waals surface area (Å²) in [7, 11) is 1.44. The monoisotopic (exact) mass is 288 g/mol. The highest BCUT2D eigenvalue weighted by Crippen LogP contribution is 2.25. The molecule has 0 aliphatic carbocycles. The normalized spacial score (nSPS) is 10.6. The number of amides is 1. The Morgan fingerprint density at radius 3 is 2.76 bits per heavy atom. The molecule has 0 aliphatic heterocycles. The number of ether oxygens (including phenoxy) is 1. The summed E-state index contributed by atoms with van der Waals surface area (Å²) >= 11 is 0. The van der Waals surface area contributed by atoms with Crippen LogP contribution in [0.25, 0.3) is 0 Å². The van der Waals surface area contributed by atoms with Gasteiger partial charge in [0.15, 0.2) is 11.5 Å². The molecule has 0 radical (unpaired) electrons. The molecule has 0 saturated heterocycles. The third-order valence-corrected chi connectivity index (χ3v) is 2.70. The number of hydrazone groups is 1. The van der Waals surface area contributed by atoms with Crippen LogP contribution in [0, 0.1) is 5.82 Å². The maximum Gasteiger partial charge on any atom is 0.274 e. The number of benzene rings is 2. The number of carbonyl (C=O) groups is 1. The van der Waals surface area contributed by atoms with Crippen molar-refractivity contribution in [2.45, 2.75) is 0 Å². The van der Waals surface area contributed by atoms with Crippen LogP contribution in [-0.2, 0) is 0 Å². The molecule has 0 aliphatic rings. The van der Waals surface area contributed by atoms with E-state index in [1.165, 1.54) is 37.6 Å². The van der Waals surface area contributed by atoms with Crippen LogP contribution in [0.2, 0.25) is 0 Å². The number of methoxy groups -OCH3 is 1. The molecule has 0 atom stereocenters. The molecule has 0 fully saturated rings. The Kier molecular flexibility index (Phi) is 4.50. The molecule has 2 aromatic rings. The SMILES string of the molecule is COc1ccc(/C=N/NC(=O)c2ccccc2F)cc1O. The summed E-state index contributed by atoms with van der Waals surface area (Å²) in [5, 5.41) is 13.3. The van der Waals surface area contributed by atoms with E-state index >= 15 is 0 Å². The van der Waals surface area contributed by atoms with Gasteiger partial charge in [0, 0.05) is 0 Å². The Balaban J connectivity index is 2.04. The van der Waals surface area contributed by atoms with Crippen LogP contribution in [-0.4, -0.2) is 24.3 Å². The topological polar surface area (TPSA) is 70.9 Å². The van der Waals surface area contributed by atoms with E-state index in [4.69, 9.17) is 4.74 Å². The Morgan fingerprint density at radius 2 is 2.10 bits per heavy atom. The first kappa shape index (κ1) is 14.5. The lowest BCUT2D eigenvalue weighted by Gasteiger charge is -2.03. The molecule has 0 saturated carbocycles. The first-order valence-electron chi connectivity index (χ1n) is 6.06. The number of rotatable bonds is 4. The Morgan fingerprint density at radius 1 is 1.33 bits per heavy atom. The predicted molar refractivity (Wildman–Crippen MR) is 76.1 cm³/mol. The largest absolute Gasteiger partial charge is 0.504 e. The minimum absolute atomic E-state index is 0.0399. The van der Waals surface area contributed by atoms with E-state index in [0.717, 1.165) is 0 Å². The van der Waals surface area contributed by atoms with Crippen LogP contribution in [0.4, 0.5) is 4.39 Å². The van der Waals surface area contributed by atoms with Gasteiger partial charge in [-0.15, -0.1) is 0 Å². The van der Waals surface area contributed by atoms with E-state index in [1.54, 1.807) is 18.2 Å². The maximum absolute atomic E-state index is 13.4. The number of nitrogens with zero attached hydrogens (tertiary/aromatic N) is 1. The summed E-state index contributed by atoms with van der Waals surface area (Å²) in [5.74, 6) is -0.973. The van der Waals surface area contributed by atoms with Crippen molar-refractivity contribution in [1.82, 2.24) is 5.43 Å². The Labute approximate surface area is 120 Å². The van der Waals surface area contributed by atoms with Crippen LogP contribution in [0.1, 0.15) is 15.9 Å². The van der Waals surface area contributed by atoms with Gasteiger partial charge in [0.2, 0.25) is 0 Å². The van der Waals surface area contributed by atoms with E-state index in [9.17, 15) is 14.3 Å². The highest BCUT2D eigenvalue weighted by molar-refractivity contribution is 5.95. The molecule has 108 valence electrons. The smallest absolute Gasteiger partial charge is 0.274 e. The van der Waals surface area contributed by atoms with Gasteiger partial charge in [-0.05, 0) is 35.9 Å². The summed E-state index contributed by atoms with van der Waals surface area (Å²) in [6.45, 7) is 0. The second-order valence-electron chi connectivity index (χ2n) is 4.11. The molecular formula is C15H13FN2O3. The number of hydrogen-bond acceptors (Lipinski definition) is 4. The number of carbonyl (C=O) groups excluding carboxylic acids is 1. The highest BCUT2D eigenvalue weighted by Gasteiger charge is 2.09. The molecule has 5 nitrogen and oxygen atoms in total. The van der Waals surface area contributed by atoms with Crippen LogP contribution in [0.5, 0.6) is 11.5 Å². The standard InChI is InChI=1S/C15H13FN2O3/c1-21-14-7-6-10(8-13(14)19)9-17-18-15(20)11-4-2-3-5-12(11)16/h2-9,19H,1H3,(H,18,20)/b17-9+. The first-order chi connectivity index (χ1) is 10.1. The van der Waals surface area contributed by atoms with Crippen molar-refractivity contribution in [3.8, 4) is 11.5 Å². The zero-order chi connectivity index (χ0) is 15.2.